The van der Waals surface area contributed by atoms with Gasteiger partial charge in [0.05, 0.1) is 0 Å². The van der Waals surface area contributed by atoms with Crippen LogP contribution < -0.4 is 0 Å². The highest BCUT2D eigenvalue weighted by molar-refractivity contribution is 5.54. The second-order valence-electron chi connectivity index (χ2n) is 6.78. The Bertz CT molecular complexity index is 887. The summed E-state index contributed by atoms with van der Waals surface area (Å²) in [7, 11) is 0. The molecule has 2 heteroatoms. The molecule has 2 unspecified atom stereocenters. The Morgan fingerprint density at radius 1 is 0.889 bits per heavy atom. The number of ether oxygens (including phenoxy) is 2. The lowest BCUT2D eigenvalue weighted by Crippen LogP contribution is -2.28. The first-order chi connectivity index (χ1) is 13.3. The molecule has 0 spiro atoms. The maximum absolute atomic E-state index is 6.59. The molecule has 1 heterocycles. The van der Waals surface area contributed by atoms with Gasteiger partial charge >= 0.3 is 0 Å². The van der Waals surface area contributed by atoms with Crippen LogP contribution in [0.15, 0.2) is 96.8 Å². The van der Waals surface area contributed by atoms with E-state index in [9.17, 15) is 0 Å². The van der Waals surface area contributed by atoms with E-state index in [1.165, 1.54) is 5.56 Å². The average Bonchev–Trinajstić information content (AvgIpc) is 3.10. The monoisotopic (exact) mass is 356 g/mol. The van der Waals surface area contributed by atoms with E-state index in [0.717, 1.165) is 23.3 Å². The standard InChI is InChI=1S/C25H24O2/c1-2-26-25(22-16-10-5-11-17-22)19-23(21-14-8-4-9-15-21)24(27-25)18-20-12-6-3-7-13-20/h3-18,23H,2,19H2,1H3/b24-18-. The Kier molecular flexibility index (Phi) is 5.08. The number of benzene rings is 3. The predicted octanol–water partition coefficient (Wildman–Crippen LogP) is 6.12. The minimum Gasteiger partial charge on any atom is -0.462 e. The third kappa shape index (κ3) is 3.67. The summed E-state index contributed by atoms with van der Waals surface area (Å²) in [5.41, 5.74) is 3.44. The van der Waals surface area contributed by atoms with Crippen molar-refractivity contribution < 1.29 is 9.47 Å². The molecule has 0 aliphatic carbocycles. The molecule has 0 N–H and O–H groups in total. The molecule has 1 aliphatic rings. The lowest BCUT2D eigenvalue weighted by atomic mass is 9.89. The molecule has 1 saturated heterocycles. The Balaban J connectivity index is 1.79. The molecule has 3 aromatic carbocycles. The van der Waals surface area contributed by atoms with Crippen molar-refractivity contribution in [3.63, 3.8) is 0 Å². The van der Waals surface area contributed by atoms with Crippen LogP contribution >= 0.6 is 0 Å². The van der Waals surface area contributed by atoms with Gasteiger partial charge in [-0.25, -0.2) is 0 Å². The topological polar surface area (TPSA) is 18.5 Å². The highest BCUT2D eigenvalue weighted by Gasteiger charge is 2.47. The zero-order valence-electron chi connectivity index (χ0n) is 15.5. The van der Waals surface area contributed by atoms with Gasteiger partial charge in [-0.05, 0) is 24.1 Å². The first-order valence-corrected chi connectivity index (χ1v) is 9.51. The molecule has 2 atom stereocenters. The van der Waals surface area contributed by atoms with E-state index >= 15 is 0 Å². The molecule has 1 aliphatic heterocycles. The third-order valence-electron chi connectivity index (χ3n) is 5.00. The molecule has 0 amide bonds. The van der Waals surface area contributed by atoms with Crippen molar-refractivity contribution in [2.24, 2.45) is 0 Å². The minimum absolute atomic E-state index is 0.151. The fraction of sp³-hybridized carbons (Fsp3) is 0.200. The Morgan fingerprint density at radius 2 is 1.48 bits per heavy atom. The molecule has 3 aromatic rings. The van der Waals surface area contributed by atoms with E-state index in [4.69, 9.17) is 9.47 Å². The fourth-order valence-electron chi connectivity index (χ4n) is 3.76. The van der Waals surface area contributed by atoms with Crippen LogP contribution in [0.2, 0.25) is 0 Å². The Hall–Kier alpha value is -2.84. The van der Waals surface area contributed by atoms with Crippen molar-refractivity contribution in [2.75, 3.05) is 6.61 Å². The van der Waals surface area contributed by atoms with Crippen molar-refractivity contribution in [3.05, 3.63) is 113 Å². The molecule has 136 valence electrons. The number of hydrogen-bond donors (Lipinski definition) is 0. The van der Waals surface area contributed by atoms with Gasteiger partial charge in [-0.3, -0.25) is 0 Å². The highest BCUT2D eigenvalue weighted by atomic mass is 16.7. The Morgan fingerprint density at radius 3 is 2.11 bits per heavy atom. The van der Waals surface area contributed by atoms with E-state index in [0.29, 0.717) is 6.61 Å². The summed E-state index contributed by atoms with van der Waals surface area (Å²) in [6.45, 7) is 2.61. The van der Waals surface area contributed by atoms with Gasteiger partial charge in [0, 0.05) is 24.5 Å². The van der Waals surface area contributed by atoms with Gasteiger partial charge in [0.2, 0.25) is 5.79 Å². The van der Waals surface area contributed by atoms with Crippen LogP contribution in [0, 0.1) is 0 Å². The lowest BCUT2D eigenvalue weighted by molar-refractivity contribution is -0.201. The summed E-state index contributed by atoms with van der Waals surface area (Å²) in [6.07, 6.45) is 2.90. The first kappa shape index (κ1) is 17.6. The Labute approximate surface area is 161 Å². The van der Waals surface area contributed by atoms with Gasteiger partial charge < -0.3 is 9.47 Å². The van der Waals surface area contributed by atoms with E-state index in [2.05, 4.69) is 54.6 Å². The zero-order valence-corrected chi connectivity index (χ0v) is 15.5. The lowest BCUT2D eigenvalue weighted by Gasteiger charge is -2.28. The van der Waals surface area contributed by atoms with Crippen LogP contribution in [0.4, 0.5) is 0 Å². The highest BCUT2D eigenvalue weighted by Crippen LogP contribution is 2.50. The largest absolute Gasteiger partial charge is 0.462 e. The van der Waals surface area contributed by atoms with Gasteiger partial charge in [-0.15, -0.1) is 0 Å². The van der Waals surface area contributed by atoms with Crippen LogP contribution in [0.5, 0.6) is 0 Å². The summed E-state index contributed by atoms with van der Waals surface area (Å²) in [5.74, 6) is 0.347. The molecule has 0 aromatic heterocycles. The van der Waals surface area contributed by atoms with E-state index in [1.807, 2.05) is 49.4 Å². The minimum atomic E-state index is -0.753. The van der Waals surface area contributed by atoms with Crippen molar-refractivity contribution in [1.29, 1.82) is 0 Å². The van der Waals surface area contributed by atoms with Crippen molar-refractivity contribution in [3.8, 4) is 0 Å². The molecule has 27 heavy (non-hydrogen) atoms. The number of allylic oxidation sites excluding steroid dienone is 1. The van der Waals surface area contributed by atoms with Crippen LogP contribution in [0.3, 0.4) is 0 Å². The van der Waals surface area contributed by atoms with E-state index in [-0.39, 0.29) is 5.92 Å². The molecule has 0 bridgehead atoms. The summed E-state index contributed by atoms with van der Waals surface area (Å²) < 4.78 is 12.8. The van der Waals surface area contributed by atoms with Crippen molar-refractivity contribution >= 4 is 6.08 Å². The second-order valence-corrected chi connectivity index (χ2v) is 6.78. The van der Waals surface area contributed by atoms with Crippen molar-refractivity contribution in [1.82, 2.24) is 0 Å². The quantitative estimate of drug-likeness (QED) is 0.548. The van der Waals surface area contributed by atoms with Crippen molar-refractivity contribution in [2.45, 2.75) is 25.0 Å². The average molecular weight is 356 g/mol. The summed E-state index contributed by atoms with van der Waals surface area (Å²) in [6, 6.07) is 31.1. The van der Waals surface area contributed by atoms with Crippen LogP contribution in [-0.2, 0) is 15.3 Å². The molecule has 2 nitrogen and oxygen atoms in total. The van der Waals surface area contributed by atoms with Crippen LogP contribution in [-0.4, -0.2) is 6.61 Å². The SMILES string of the molecule is CCOC1(c2ccccc2)CC(c2ccccc2)/C(=C/c2ccccc2)O1. The van der Waals surface area contributed by atoms with Gasteiger partial charge in [0.25, 0.3) is 0 Å². The summed E-state index contributed by atoms with van der Waals surface area (Å²) >= 11 is 0. The summed E-state index contributed by atoms with van der Waals surface area (Å²) in [5, 5.41) is 0. The van der Waals surface area contributed by atoms with Gasteiger partial charge in [-0.1, -0.05) is 91.0 Å². The second kappa shape index (κ2) is 7.81. The van der Waals surface area contributed by atoms with E-state index in [1.54, 1.807) is 0 Å². The molecule has 0 radical (unpaired) electrons. The normalized spacial score (nSPS) is 23.3. The van der Waals surface area contributed by atoms with Gasteiger partial charge in [-0.2, -0.15) is 0 Å². The molecular weight excluding hydrogens is 332 g/mol. The van der Waals surface area contributed by atoms with Gasteiger partial charge in [0.15, 0.2) is 0 Å². The van der Waals surface area contributed by atoms with E-state index < -0.39 is 5.79 Å². The molecular formula is C25H24O2. The molecule has 4 rings (SSSR count). The van der Waals surface area contributed by atoms with Crippen LogP contribution in [0.25, 0.3) is 6.08 Å². The maximum Gasteiger partial charge on any atom is 0.237 e. The van der Waals surface area contributed by atoms with Gasteiger partial charge in [0.1, 0.15) is 5.76 Å². The predicted molar refractivity (Wildman–Crippen MR) is 109 cm³/mol. The first-order valence-electron chi connectivity index (χ1n) is 9.51. The summed E-state index contributed by atoms with van der Waals surface area (Å²) in [4.78, 5) is 0. The molecule has 1 fully saturated rings. The number of hydrogen-bond acceptors (Lipinski definition) is 2. The maximum atomic E-state index is 6.59. The third-order valence-corrected chi connectivity index (χ3v) is 5.00. The zero-order chi connectivity index (χ0) is 18.5. The molecule has 0 saturated carbocycles. The number of rotatable bonds is 5. The van der Waals surface area contributed by atoms with Crippen LogP contribution in [0.1, 0.15) is 36.0 Å². The smallest absolute Gasteiger partial charge is 0.237 e. The fourth-order valence-corrected chi connectivity index (χ4v) is 3.76.